The summed E-state index contributed by atoms with van der Waals surface area (Å²) < 4.78 is 5.24. The summed E-state index contributed by atoms with van der Waals surface area (Å²) in [6.07, 6.45) is 2.80. The van der Waals surface area contributed by atoms with Gasteiger partial charge < -0.3 is 15.2 Å². The van der Waals surface area contributed by atoms with Crippen molar-refractivity contribution in [2.45, 2.75) is 24.7 Å². The Balaban J connectivity index is 2.10. The van der Waals surface area contributed by atoms with Crippen LogP contribution in [0, 0.1) is 12.3 Å². The molecule has 1 aliphatic rings. The maximum atomic E-state index is 12.4. The Hall–Kier alpha value is -1.53. The summed E-state index contributed by atoms with van der Waals surface area (Å²) in [5.41, 5.74) is 0.560. The Bertz CT molecular complexity index is 567. The molecule has 0 spiro atoms. The van der Waals surface area contributed by atoms with Gasteiger partial charge in [0, 0.05) is 30.2 Å². The predicted octanol–water partition coefficient (Wildman–Crippen LogP) is 2.33. The van der Waals surface area contributed by atoms with E-state index >= 15 is 0 Å². The average Bonchev–Trinajstić information content (AvgIpc) is 2.54. The molecular formula is C16H21NO4S. The molecule has 6 heteroatoms. The molecular weight excluding hydrogens is 302 g/mol. The number of carboxylic acid groups (broad SMARTS) is 1. The van der Waals surface area contributed by atoms with Crippen LogP contribution in [0.1, 0.15) is 28.8 Å². The first kappa shape index (κ1) is 16.8. The lowest BCUT2D eigenvalue weighted by Gasteiger charge is -2.33. The normalized spacial score (nSPS) is 17.0. The van der Waals surface area contributed by atoms with Crippen LogP contribution in [-0.4, -0.2) is 43.0 Å². The maximum Gasteiger partial charge on any atom is 0.311 e. The van der Waals surface area contributed by atoms with Crippen molar-refractivity contribution in [2.24, 2.45) is 5.41 Å². The Labute approximate surface area is 134 Å². The van der Waals surface area contributed by atoms with E-state index in [4.69, 9.17) is 4.74 Å². The summed E-state index contributed by atoms with van der Waals surface area (Å²) in [6.45, 7) is 2.85. The molecule has 1 amide bonds. The van der Waals surface area contributed by atoms with E-state index in [1.807, 2.05) is 31.4 Å². The molecule has 1 heterocycles. The second-order valence-electron chi connectivity index (χ2n) is 5.56. The largest absolute Gasteiger partial charge is 0.481 e. The third-order valence-corrected chi connectivity index (χ3v) is 4.91. The smallest absolute Gasteiger partial charge is 0.311 e. The van der Waals surface area contributed by atoms with Crippen LogP contribution in [0.4, 0.5) is 0 Å². The van der Waals surface area contributed by atoms with Gasteiger partial charge in [0.2, 0.25) is 0 Å². The molecule has 0 aromatic heterocycles. The molecule has 0 unspecified atom stereocenters. The molecule has 1 saturated heterocycles. The van der Waals surface area contributed by atoms with Crippen LogP contribution in [0.2, 0.25) is 0 Å². The lowest BCUT2D eigenvalue weighted by atomic mass is 9.80. The number of carbonyl (C=O) groups excluding carboxylic acids is 1. The average molecular weight is 323 g/mol. The van der Waals surface area contributed by atoms with Gasteiger partial charge in [-0.2, -0.15) is 0 Å². The van der Waals surface area contributed by atoms with Crippen molar-refractivity contribution >= 4 is 23.6 Å². The molecule has 120 valence electrons. The van der Waals surface area contributed by atoms with Gasteiger partial charge in [-0.3, -0.25) is 9.59 Å². The SMILES string of the molecule is CSc1ccc(C)c(C(=O)NCC2(C(=O)O)CCOCC2)c1. The molecule has 0 radical (unpaired) electrons. The predicted molar refractivity (Wildman–Crippen MR) is 85.4 cm³/mol. The van der Waals surface area contributed by atoms with Gasteiger partial charge in [0.25, 0.3) is 5.91 Å². The molecule has 1 aromatic carbocycles. The summed E-state index contributed by atoms with van der Waals surface area (Å²) in [5, 5.41) is 12.3. The Kier molecular flexibility index (Phi) is 5.47. The van der Waals surface area contributed by atoms with E-state index in [1.54, 1.807) is 11.8 Å². The number of hydrogen-bond donors (Lipinski definition) is 2. The summed E-state index contributed by atoms with van der Waals surface area (Å²) in [5.74, 6) is -1.09. The van der Waals surface area contributed by atoms with E-state index in [2.05, 4.69) is 5.32 Å². The van der Waals surface area contributed by atoms with E-state index in [0.29, 0.717) is 31.6 Å². The topological polar surface area (TPSA) is 75.6 Å². The van der Waals surface area contributed by atoms with Gasteiger partial charge in [-0.15, -0.1) is 11.8 Å². The monoisotopic (exact) mass is 323 g/mol. The van der Waals surface area contributed by atoms with Crippen molar-refractivity contribution in [1.29, 1.82) is 0 Å². The fraction of sp³-hybridized carbons (Fsp3) is 0.500. The number of aryl methyl sites for hydroxylation is 1. The van der Waals surface area contributed by atoms with E-state index in [-0.39, 0.29) is 12.5 Å². The second kappa shape index (κ2) is 7.15. The van der Waals surface area contributed by atoms with E-state index in [1.165, 1.54) is 0 Å². The number of benzene rings is 1. The minimum atomic E-state index is -0.918. The Morgan fingerprint density at radius 1 is 1.36 bits per heavy atom. The highest BCUT2D eigenvalue weighted by Crippen LogP contribution is 2.30. The zero-order chi connectivity index (χ0) is 16.2. The molecule has 0 saturated carbocycles. The minimum absolute atomic E-state index is 0.132. The Morgan fingerprint density at radius 3 is 2.64 bits per heavy atom. The van der Waals surface area contributed by atoms with Crippen LogP contribution in [0.25, 0.3) is 0 Å². The minimum Gasteiger partial charge on any atom is -0.481 e. The molecule has 5 nitrogen and oxygen atoms in total. The number of aliphatic carboxylic acids is 1. The molecule has 1 aliphatic heterocycles. The molecule has 2 N–H and O–H groups in total. The van der Waals surface area contributed by atoms with Crippen molar-refractivity contribution in [2.75, 3.05) is 26.0 Å². The standard InChI is InChI=1S/C16H21NO4S/c1-11-3-4-12(22-2)9-13(11)14(18)17-10-16(15(19)20)5-7-21-8-6-16/h3-4,9H,5-8,10H2,1-2H3,(H,17,18)(H,19,20). The highest BCUT2D eigenvalue weighted by molar-refractivity contribution is 7.98. The molecule has 0 atom stereocenters. The first-order chi connectivity index (χ1) is 10.5. The van der Waals surface area contributed by atoms with Crippen molar-refractivity contribution in [3.63, 3.8) is 0 Å². The fourth-order valence-electron chi connectivity index (χ4n) is 2.55. The van der Waals surface area contributed by atoms with Crippen molar-refractivity contribution in [3.05, 3.63) is 29.3 Å². The molecule has 0 bridgehead atoms. The number of amides is 1. The van der Waals surface area contributed by atoms with Gasteiger partial charge in [0.15, 0.2) is 0 Å². The fourth-order valence-corrected chi connectivity index (χ4v) is 2.99. The van der Waals surface area contributed by atoms with Gasteiger partial charge in [-0.1, -0.05) is 6.07 Å². The third kappa shape index (κ3) is 3.62. The number of nitrogens with one attached hydrogen (secondary N) is 1. The van der Waals surface area contributed by atoms with Gasteiger partial charge in [0.05, 0.1) is 5.41 Å². The molecule has 1 fully saturated rings. The first-order valence-electron chi connectivity index (χ1n) is 7.22. The van der Waals surface area contributed by atoms with Crippen LogP contribution >= 0.6 is 11.8 Å². The molecule has 1 aromatic rings. The number of thioether (sulfide) groups is 1. The summed E-state index contributed by atoms with van der Waals surface area (Å²) >= 11 is 1.57. The summed E-state index contributed by atoms with van der Waals surface area (Å²) in [7, 11) is 0. The number of carbonyl (C=O) groups is 2. The third-order valence-electron chi connectivity index (χ3n) is 4.18. The number of hydrogen-bond acceptors (Lipinski definition) is 4. The van der Waals surface area contributed by atoms with Crippen molar-refractivity contribution in [3.8, 4) is 0 Å². The first-order valence-corrected chi connectivity index (χ1v) is 8.45. The van der Waals surface area contributed by atoms with Crippen molar-refractivity contribution < 1.29 is 19.4 Å². The van der Waals surface area contributed by atoms with Crippen LogP contribution in [-0.2, 0) is 9.53 Å². The number of ether oxygens (including phenoxy) is 1. The summed E-state index contributed by atoms with van der Waals surface area (Å²) in [6, 6.07) is 5.71. The lowest BCUT2D eigenvalue weighted by Crippen LogP contribution is -2.46. The van der Waals surface area contributed by atoms with E-state index in [0.717, 1.165) is 10.5 Å². The Morgan fingerprint density at radius 2 is 2.05 bits per heavy atom. The van der Waals surface area contributed by atoms with Crippen LogP contribution in [0.15, 0.2) is 23.1 Å². The van der Waals surface area contributed by atoms with Crippen molar-refractivity contribution in [1.82, 2.24) is 5.32 Å². The molecule has 2 rings (SSSR count). The molecule has 0 aliphatic carbocycles. The van der Waals surface area contributed by atoms with Gasteiger partial charge in [0.1, 0.15) is 0 Å². The number of carboxylic acids is 1. The van der Waals surface area contributed by atoms with E-state index in [9.17, 15) is 14.7 Å². The summed E-state index contributed by atoms with van der Waals surface area (Å²) in [4.78, 5) is 25.0. The van der Waals surface area contributed by atoms with E-state index < -0.39 is 11.4 Å². The van der Waals surface area contributed by atoms with Crippen LogP contribution in [0.5, 0.6) is 0 Å². The van der Waals surface area contributed by atoms with Gasteiger partial charge in [-0.05, 0) is 43.7 Å². The number of rotatable bonds is 5. The maximum absolute atomic E-state index is 12.4. The highest BCUT2D eigenvalue weighted by Gasteiger charge is 2.40. The molecule has 22 heavy (non-hydrogen) atoms. The highest BCUT2D eigenvalue weighted by atomic mass is 32.2. The van der Waals surface area contributed by atoms with Gasteiger partial charge >= 0.3 is 5.97 Å². The van der Waals surface area contributed by atoms with Crippen LogP contribution < -0.4 is 5.32 Å². The zero-order valence-corrected chi connectivity index (χ0v) is 13.7. The lowest BCUT2D eigenvalue weighted by molar-refractivity contribution is -0.154. The second-order valence-corrected chi connectivity index (χ2v) is 6.44. The quantitative estimate of drug-likeness (QED) is 0.813. The van der Waals surface area contributed by atoms with Crippen LogP contribution in [0.3, 0.4) is 0 Å². The zero-order valence-electron chi connectivity index (χ0n) is 12.8. The van der Waals surface area contributed by atoms with Gasteiger partial charge in [-0.25, -0.2) is 0 Å².